The minimum absolute atomic E-state index is 0.0512. The molecule has 2 aliphatic heterocycles. The predicted octanol–water partition coefficient (Wildman–Crippen LogP) is 4.81. The molecule has 3 amide bonds. The van der Waals surface area contributed by atoms with E-state index < -0.39 is 0 Å². The van der Waals surface area contributed by atoms with E-state index in [1.54, 1.807) is 31.4 Å². The summed E-state index contributed by atoms with van der Waals surface area (Å²) in [5.74, 6) is 1.49. The normalized spacial score (nSPS) is 16.7. The van der Waals surface area contributed by atoms with E-state index in [-0.39, 0.29) is 11.9 Å². The summed E-state index contributed by atoms with van der Waals surface area (Å²) in [5.41, 5.74) is 2.90. The quantitative estimate of drug-likeness (QED) is 0.705. The average Bonchev–Trinajstić information content (AvgIpc) is 3.35. The second kappa shape index (κ2) is 9.94. The summed E-state index contributed by atoms with van der Waals surface area (Å²) in [7, 11) is 1.60. The fraction of sp³-hybridized carbons (Fsp3) is 0.440. The number of likely N-dealkylation sites (tertiary alicyclic amines) is 1. The van der Waals surface area contributed by atoms with E-state index in [4.69, 9.17) is 4.74 Å². The van der Waals surface area contributed by atoms with Gasteiger partial charge in [-0.3, -0.25) is 4.79 Å². The highest BCUT2D eigenvalue weighted by molar-refractivity contribution is 6.04. The maximum absolute atomic E-state index is 13.3. The molecule has 0 unspecified atom stereocenters. The minimum Gasteiger partial charge on any atom is -0.497 e. The predicted molar refractivity (Wildman–Crippen MR) is 128 cm³/mol. The Morgan fingerprint density at radius 2 is 1.53 bits per heavy atom. The third-order valence-corrected chi connectivity index (χ3v) is 6.35. The Labute approximate surface area is 189 Å². The SMILES string of the molecule is COc1ccc(NC(=O)Nc2ccc(N3CCC(C)CC3)c(C(=O)N3CCCC3)c2)cc1. The van der Waals surface area contributed by atoms with Crippen LogP contribution in [0.4, 0.5) is 21.9 Å². The lowest BCUT2D eigenvalue weighted by Crippen LogP contribution is -2.35. The van der Waals surface area contributed by atoms with Crippen molar-refractivity contribution in [2.75, 3.05) is 48.8 Å². The number of rotatable bonds is 5. The molecule has 0 atom stereocenters. The zero-order chi connectivity index (χ0) is 22.5. The maximum Gasteiger partial charge on any atom is 0.323 e. The largest absolute Gasteiger partial charge is 0.497 e. The van der Waals surface area contributed by atoms with Crippen molar-refractivity contribution in [3.05, 3.63) is 48.0 Å². The molecule has 0 saturated carbocycles. The Morgan fingerprint density at radius 1 is 0.906 bits per heavy atom. The molecular formula is C25H32N4O3. The Kier molecular flexibility index (Phi) is 6.83. The van der Waals surface area contributed by atoms with Crippen LogP contribution in [-0.4, -0.2) is 50.1 Å². The summed E-state index contributed by atoms with van der Waals surface area (Å²) in [4.78, 5) is 30.1. The van der Waals surface area contributed by atoms with E-state index in [1.807, 2.05) is 23.1 Å². The van der Waals surface area contributed by atoms with Crippen LogP contribution in [0.5, 0.6) is 5.75 Å². The van der Waals surface area contributed by atoms with E-state index in [2.05, 4.69) is 22.5 Å². The monoisotopic (exact) mass is 436 g/mol. The van der Waals surface area contributed by atoms with Crippen molar-refractivity contribution in [2.45, 2.75) is 32.6 Å². The first-order chi connectivity index (χ1) is 15.5. The highest BCUT2D eigenvalue weighted by Gasteiger charge is 2.26. The van der Waals surface area contributed by atoms with Crippen molar-refractivity contribution in [3.8, 4) is 5.75 Å². The van der Waals surface area contributed by atoms with Gasteiger partial charge in [0.05, 0.1) is 12.7 Å². The number of piperidine rings is 1. The van der Waals surface area contributed by atoms with Gasteiger partial charge in [-0.1, -0.05) is 6.92 Å². The first kappa shape index (κ1) is 22.0. The number of ether oxygens (including phenoxy) is 1. The molecule has 4 rings (SSSR count). The number of hydrogen-bond acceptors (Lipinski definition) is 4. The Morgan fingerprint density at radius 3 is 2.19 bits per heavy atom. The van der Waals surface area contributed by atoms with Crippen LogP contribution in [0.1, 0.15) is 43.0 Å². The summed E-state index contributed by atoms with van der Waals surface area (Å²) in [6, 6.07) is 12.5. The molecule has 170 valence electrons. The topological polar surface area (TPSA) is 73.9 Å². The van der Waals surface area contributed by atoms with Crippen LogP contribution in [0.15, 0.2) is 42.5 Å². The van der Waals surface area contributed by atoms with Crippen molar-refractivity contribution in [1.82, 2.24) is 4.90 Å². The van der Waals surface area contributed by atoms with E-state index in [9.17, 15) is 9.59 Å². The molecule has 0 radical (unpaired) electrons. The van der Waals surface area contributed by atoms with Crippen molar-refractivity contribution in [2.24, 2.45) is 5.92 Å². The zero-order valence-electron chi connectivity index (χ0n) is 18.9. The number of urea groups is 1. The number of nitrogens with zero attached hydrogens (tertiary/aromatic N) is 2. The Balaban J connectivity index is 1.52. The molecule has 7 nitrogen and oxygen atoms in total. The number of hydrogen-bond donors (Lipinski definition) is 2. The standard InChI is InChI=1S/C25H32N4O3/c1-18-11-15-28(16-12-18)23-10-7-20(17-22(23)24(30)29-13-3-4-14-29)27-25(31)26-19-5-8-21(32-2)9-6-19/h5-10,17-18H,3-4,11-16H2,1-2H3,(H2,26,27,31). The number of anilines is 3. The summed E-state index contributed by atoms with van der Waals surface area (Å²) < 4.78 is 5.15. The lowest BCUT2D eigenvalue weighted by Gasteiger charge is -2.34. The molecule has 2 heterocycles. The molecule has 32 heavy (non-hydrogen) atoms. The van der Waals surface area contributed by atoms with E-state index in [1.165, 1.54) is 0 Å². The van der Waals surface area contributed by atoms with Gasteiger partial charge in [-0.05, 0) is 74.1 Å². The number of nitrogens with one attached hydrogen (secondary N) is 2. The summed E-state index contributed by atoms with van der Waals surface area (Å²) in [6.45, 7) is 5.77. The van der Waals surface area contributed by atoms with Crippen LogP contribution in [0, 0.1) is 5.92 Å². The van der Waals surface area contributed by atoms with Gasteiger partial charge in [0.2, 0.25) is 0 Å². The Hall–Kier alpha value is -3.22. The molecule has 2 fully saturated rings. The molecule has 0 aliphatic carbocycles. The highest BCUT2D eigenvalue weighted by atomic mass is 16.5. The Bertz CT molecular complexity index is 946. The highest BCUT2D eigenvalue weighted by Crippen LogP contribution is 2.30. The van der Waals surface area contributed by atoms with E-state index in [0.29, 0.717) is 22.9 Å². The fourth-order valence-electron chi connectivity index (χ4n) is 4.37. The molecule has 2 aliphatic rings. The van der Waals surface area contributed by atoms with Gasteiger partial charge >= 0.3 is 6.03 Å². The van der Waals surface area contributed by atoms with Crippen LogP contribution < -0.4 is 20.3 Å². The van der Waals surface area contributed by atoms with Gasteiger partial charge in [-0.15, -0.1) is 0 Å². The fourth-order valence-corrected chi connectivity index (χ4v) is 4.37. The number of carbonyl (C=O) groups excluding carboxylic acids is 2. The van der Waals surface area contributed by atoms with Crippen LogP contribution >= 0.6 is 0 Å². The molecule has 2 N–H and O–H groups in total. The molecule has 2 aromatic rings. The summed E-state index contributed by atoms with van der Waals surface area (Å²) in [5, 5.41) is 5.69. The van der Waals surface area contributed by atoms with Crippen molar-refractivity contribution >= 4 is 29.0 Å². The lowest BCUT2D eigenvalue weighted by molar-refractivity contribution is 0.0793. The first-order valence-corrected chi connectivity index (χ1v) is 11.4. The van der Waals surface area contributed by atoms with Crippen LogP contribution in [-0.2, 0) is 0 Å². The van der Waals surface area contributed by atoms with Crippen LogP contribution in [0.3, 0.4) is 0 Å². The summed E-state index contributed by atoms with van der Waals surface area (Å²) >= 11 is 0. The number of methoxy groups -OCH3 is 1. The third-order valence-electron chi connectivity index (χ3n) is 6.35. The van der Waals surface area contributed by atoms with Gasteiger partial charge in [-0.2, -0.15) is 0 Å². The average molecular weight is 437 g/mol. The second-order valence-electron chi connectivity index (χ2n) is 8.71. The van der Waals surface area contributed by atoms with E-state index in [0.717, 1.165) is 63.3 Å². The number of carbonyl (C=O) groups is 2. The second-order valence-corrected chi connectivity index (χ2v) is 8.71. The molecular weight excluding hydrogens is 404 g/mol. The van der Waals surface area contributed by atoms with Crippen LogP contribution in [0.2, 0.25) is 0 Å². The van der Waals surface area contributed by atoms with Crippen molar-refractivity contribution in [3.63, 3.8) is 0 Å². The van der Waals surface area contributed by atoms with Gasteiger partial charge in [0.1, 0.15) is 5.75 Å². The van der Waals surface area contributed by atoms with Gasteiger partial charge in [-0.25, -0.2) is 4.79 Å². The van der Waals surface area contributed by atoms with Crippen molar-refractivity contribution < 1.29 is 14.3 Å². The van der Waals surface area contributed by atoms with E-state index >= 15 is 0 Å². The zero-order valence-corrected chi connectivity index (χ0v) is 18.9. The van der Waals surface area contributed by atoms with Gasteiger partial charge in [0.25, 0.3) is 5.91 Å². The molecule has 2 saturated heterocycles. The molecule has 0 bridgehead atoms. The first-order valence-electron chi connectivity index (χ1n) is 11.4. The van der Waals surface area contributed by atoms with Gasteiger partial charge < -0.3 is 25.2 Å². The van der Waals surface area contributed by atoms with Gasteiger partial charge in [0.15, 0.2) is 0 Å². The molecule has 0 spiro atoms. The smallest absolute Gasteiger partial charge is 0.323 e. The van der Waals surface area contributed by atoms with Crippen LogP contribution in [0.25, 0.3) is 0 Å². The molecule has 2 aromatic carbocycles. The number of benzene rings is 2. The van der Waals surface area contributed by atoms with Crippen molar-refractivity contribution in [1.29, 1.82) is 0 Å². The van der Waals surface area contributed by atoms with Gasteiger partial charge in [0, 0.05) is 43.2 Å². The lowest BCUT2D eigenvalue weighted by atomic mass is 9.97. The maximum atomic E-state index is 13.3. The molecule has 0 aromatic heterocycles. The minimum atomic E-state index is -0.353. The molecule has 7 heteroatoms. The third kappa shape index (κ3) is 5.15. The number of amides is 3. The summed E-state index contributed by atoms with van der Waals surface area (Å²) in [6.07, 6.45) is 4.35.